The molecule has 6 heteroatoms. The third-order valence-electron chi connectivity index (χ3n) is 2.82. The molecule has 0 saturated carbocycles. The van der Waals surface area contributed by atoms with Gasteiger partial charge in [-0.1, -0.05) is 11.6 Å². The second-order valence-electron chi connectivity index (χ2n) is 4.44. The van der Waals surface area contributed by atoms with Crippen LogP contribution in [0, 0.1) is 12.7 Å². The predicted octanol–water partition coefficient (Wildman–Crippen LogP) is 3.85. The summed E-state index contributed by atoms with van der Waals surface area (Å²) in [5.41, 5.74) is 0.956. The molecule has 4 nitrogen and oxygen atoms in total. The quantitative estimate of drug-likeness (QED) is 0.882. The number of rotatable bonds is 3. The van der Waals surface area contributed by atoms with Gasteiger partial charge in [0.15, 0.2) is 0 Å². The number of carboxylic acid groups (broad SMARTS) is 1. The average Bonchev–Trinajstić information content (AvgIpc) is 2.43. The molecule has 108 valence electrons. The van der Waals surface area contributed by atoms with Crippen molar-refractivity contribution in [2.24, 2.45) is 0 Å². The number of nitrogens with one attached hydrogen (secondary N) is 1. The number of aryl methyl sites for hydroxylation is 1. The summed E-state index contributed by atoms with van der Waals surface area (Å²) in [7, 11) is 0. The van der Waals surface area contributed by atoms with Gasteiger partial charge in [-0.2, -0.15) is 0 Å². The van der Waals surface area contributed by atoms with Crippen molar-refractivity contribution in [3.8, 4) is 0 Å². The van der Waals surface area contributed by atoms with Crippen molar-refractivity contribution in [2.45, 2.75) is 6.92 Å². The third-order valence-corrected chi connectivity index (χ3v) is 3.51. The number of hydrogen-bond donors (Lipinski definition) is 2. The molecule has 2 aromatic carbocycles. The van der Waals surface area contributed by atoms with E-state index in [4.69, 9.17) is 5.11 Å². The normalized spacial score (nSPS) is 10.2. The van der Waals surface area contributed by atoms with E-state index in [9.17, 15) is 14.0 Å². The molecule has 0 unspecified atom stereocenters. The second kappa shape index (κ2) is 6.05. The third kappa shape index (κ3) is 3.46. The Bertz CT molecular complexity index is 731. The van der Waals surface area contributed by atoms with Gasteiger partial charge in [0.05, 0.1) is 11.1 Å². The van der Waals surface area contributed by atoms with Gasteiger partial charge in [-0.05, 0) is 53.2 Å². The van der Waals surface area contributed by atoms with E-state index in [-0.39, 0.29) is 16.8 Å². The van der Waals surface area contributed by atoms with Crippen LogP contribution in [0.15, 0.2) is 40.9 Å². The molecular weight excluding hydrogens is 341 g/mol. The largest absolute Gasteiger partial charge is 0.478 e. The highest BCUT2D eigenvalue weighted by atomic mass is 79.9. The van der Waals surface area contributed by atoms with Gasteiger partial charge >= 0.3 is 5.97 Å². The average molecular weight is 352 g/mol. The summed E-state index contributed by atoms with van der Waals surface area (Å²) in [5.74, 6) is -2.39. The Hall–Kier alpha value is -2.21. The first-order chi connectivity index (χ1) is 9.88. The monoisotopic (exact) mass is 351 g/mol. The predicted molar refractivity (Wildman–Crippen MR) is 80.2 cm³/mol. The number of carbonyl (C=O) groups is 2. The summed E-state index contributed by atoms with van der Waals surface area (Å²) in [6.07, 6.45) is 0. The molecule has 2 aromatic rings. The molecule has 1 amide bonds. The molecule has 0 spiro atoms. The molecular formula is C15H11BrFNO3. The fraction of sp³-hybridized carbons (Fsp3) is 0.0667. The van der Waals surface area contributed by atoms with Crippen LogP contribution in [0.3, 0.4) is 0 Å². The van der Waals surface area contributed by atoms with Crippen molar-refractivity contribution in [3.63, 3.8) is 0 Å². The van der Waals surface area contributed by atoms with Crippen molar-refractivity contribution in [3.05, 3.63) is 63.4 Å². The van der Waals surface area contributed by atoms with Gasteiger partial charge < -0.3 is 10.4 Å². The highest BCUT2D eigenvalue weighted by molar-refractivity contribution is 9.10. The minimum Gasteiger partial charge on any atom is -0.478 e. The molecule has 0 bridgehead atoms. The topological polar surface area (TPSA) is 66.4 Å². The minimum atomic E-state index is -1.13. The van der Waals surface area contributed by atoms with E-state index in [2.05, 4.69) is 21.2 Å². The van der Waals surface area contributed by atoms with Crippen LogP contribution < -0.4 is 5.32 Å². The lowest BCUT2D eigenvalue weighted by Crippen LogP contribution is -2.14. The Morgan fingerprint density at radius 2 is 1.86 bits per heavy atom. The van der Waals surface area contributed by atoms with Gasteiger partial charge in [0.1, 0.15) is 5.82 Å². The number of carboxylic acids is 1. The number of carbonyl (C=O) groups excluding carboxylic acids is 1. The standard InChI is InChI=1S/C15H11BrFNO3/c1-8-2-5-13(17)11(6-8)14(19)18-9-3-4-12(16)10(7-9)15(20)21/h2-7H,1H3,(H,18,19)(H,20,21). The Balaban J connectivity index is 2.29. The summed E-state index contributed by atoms with van der Waals surface area (Å²) in [6.45, 7) is 1.75. The summed E-state index contributed by atoms with van der Waals surface area (Å²) in [6, 6.07) is 8.55. The zero-order valence-corrected chi connectivity index (χ0v) is 12.6. The maximum absolute atomic E-state index is 13.6. The lowest BCUT2D eigenvalue weighted by atomic mass is 10.1. The van der Waals surface area contributed by atoms with Crippen molar-refractivity contribution in [2.75, 3.05) is 5.32 Å². The Morgan fingerprint density at radius 1 is 1.14 bits per heavy atom. The molecule has 0 fully saturated rings. The zero-order valence-electron chi connectivity index (χ0n) is 11.0. The van der Waals surface area contributed by atoms with E-state index in [0.29, 0.717) is 4.47 Å². The van der Waals surface area contributed by atoms with Crippen LogP contribution in [0.4, 0.5) is 10.1 Å². The van der Waals surface area contributed by atoms with Gasteiger partial charge in [-0.25, -0.2) is 9.18 Å². The van der Waals surface area contributed by atoms with Crippen LogP contribution in [0.1, 0.15) is 26.3 Å². The summed E-state index contributed by atoms with van der Waals surface area (Å²) in [4.78, 5) is 23.1. The highest BCUT2D eigenvalue weighted by Crippen LogP contribution is 2.22. The van der Waals surface area contributed by atoms with Crippen molar-refractivity contribution in [1.82, 2.24) is 0 Å². The Kier molecular flexibility index (Phi) is 4.37. The Morgan fingerprint density at radius 3 is 2.52 bits per heavy atom. The fourth-order valence-corrected chi connectivity index (χ4v) is 2.19. The molecule has 0 aliphatic heterocycles. The van der Waals surface area contributed by atoms with Crippen LogP contribution in [0.25, 0.3) is 0 Å². The molecule has 0 aromatic heterocycles. The van der Waals surface area contributed by atoms with E-state index < -0.39 is 17.7 Å². The Labute approximate surface area is 128 Å². The second-order valence-corrected chi connectivity index (χ2v) is 5.29. The van der Waals surface area contributed by atoms with E-state index in [0.717, 1.165) is 5.56 Å². The summed E-state index contributed by atoms with van der Waals surface area (Å²) in [5, 5.41) is 11.5. The fourth-order valence-electron chi connectivity index (χ4n) is 1.78. The van der Waals surface area contributed by atoms with Crippen LogP contribution in [0.2, 0.25) is 0 Å². The number of anilines is 1. The van der Waals surface area contributed by atoms with Crippen LogP contribution in [0.5, 0.6) is 0 Å². The van der Waals surface area contributed by atoms with Gasteiger partial charge in [-0.3, -0.25) is 4.79 Å². The van der Waals surface area contributed by atoms with Crippen molar-refractivity contribution in [1.29, 1.82) is 0 Å². The van der Waals surface area contributed by atoms with E-state index in [1.54, 1.807) is 13.0 Å². The molecule has 0 aliphatic rings. The van der Waals surface area contributed by atoms with E-state index >= 15 is 0 Å². The number of halogens is 2. The van der Waals surface area contributed by atoms with Gasteiger partial charge in [0.25, 0.3) is 5.91 Å². The van der Waals surface area contributed by atoms with Gasteiger partial charge in [0, 0.05) is 10.2 Å². The molecule has 21 heavy (non-hydrogen) atoms. The molecule has 0 atom stereocenters. The van der Waals surface area contributed by atoms with Gasteiger partial charge in [-0.15, -0.1) is 0 Å². The van der Waals surface area contributed by atoms with Gasteiger partial charge in [0.2, 0.25) is 0 Å². The molecule has 0 heterocycles. The first kappa shape index (κ1) is 15.2. The first-order valence-electron chi connectivity index (χ1n) is 5.99. The first-order valence-corrected chi connectivity index (χ1v) is 6.78. The summed E-state index contributed by atoms with van der Waals surface area (Å²) < 4.78 is 14.0. The molecule has 0 radical (unpaired) electrons. The SMILES string of the molecule is Cc1ccc(F)c(C(=O)Nc2ccc(Br)c(C(=O)O)c2)c1. The molecule has 0 aliphatic carbocycles. The number of amides is 1. The highest BCUT2D eigenvalue weighted by Gasteiger charge is 2.14. The lowest BCUT2D eigenvalue weighted by Gasteiger charge is -2.08. The molecule has 2 rings (SSSR count). The van der Waals surface area contributed by atoms with Crippen LogP contribution >= 0.6 is 15.9 Å². The van der Waals surface area contributed by atoms with Crippen LogP contribution in [-0.4, -0.2) is 17.0 Å². The van der Waals surface area contributed by atoms with Crippen LogP contribution in [-0.2, 0) is 0 Å². The number of hydrogen-bond acceptors (Lipinski definition) is 2. The lowest BCUT2D eigenvalue weighted by molar-refractivity contribution is 0.0695. The van der Waals surface area contributed by atoms with E-state index in [1.165, 1.54) is 30.3 Å². The maximum Gasteiger partial charge on any atom is 0.336 e. The minimum absolute atomic E-state index is 0.0116. The number of aromatic carboxylic acids is 1. The van der Waals surface area contributed by atoms with Crippen molar-refractivity contribution < 1.29 is 19.1 Å². The number of benzene rings is 2. The summed E-state index contributed by atoms with van der Waals surface area (Å²) >= 11 is 3.11. The zero-order chi connectivity index (χ0) is 15.6. The van der Waals surface area contributed by atoms with E-state index in [1.807, 2.05) is 0 Å². The molecule has 2 N–H and O–H groups in total. The smallest absolute Gasteiger partial charge is 0.336 e. The maximum atomic E-state index is 13.6. The molecule has 0 saturated heterocycles. The van der Waals surface area contributed by atoms with Crippen molar-refractivity contribution >= 4 is 33.5 Å².